The van der Waals surface area contributed by atoms with E-state index in [9.17, 15) is 4.79 Å². The summed E-state index contributed by atoms with van der Waals surface area (Å²) in [5.74, 6) is -0.176. The van der Waals surface area contributed by atoms with E-state index in [-0.39, 0.29) is 18.5 Å². The molecule has 1 aliphatic rings. The van der Waals surface area contributed by atoms with Crippen LogP contribution in [0, 0.1) is 0 Å². The molecule has 2 aromatic rings. The van der Waals surface area contributed by atoms with Crippen molar-refractivity contribution >= 4 is 5.97 Å². The van der Waals surface area contributed by atoms with Gasteiger partial charge in [-0.2, -0.15) is 0 Å². The second-order valence-electron chi connectivity index (χ2n) is 6.50. The topological polar surface area (TPSA) is 106 Å². The van der Waals surface area contributed by atoms with Crippen LogP contribution in [0.3, 0.4) is 0 Å². The molecule has 1 aliphatic heterocycles. The van der Waals surface area contributed by atoms with E-state index in [0.29, 0.717) is 11.4 Å². The summed E-state index contributed by atoms with van der Waals surface area (Å²) < 4.78 is 11.1. The lowest BCUT2D eigenvalue weighted by molar-refractivity contribution is -0.152. The number of rotatable bonds is 7. The van der Waals surface area contributed by atoms with Gasteiger partial charge in [0.1, 0.15) is 12.4 Å². The Balaban J connectivity index is 1.59. The molecule has 1 saturated heterocycles. The number of nitrogens with one attached hydrogen (secondary N) is 2. The van der Waals surface area contributed by atoms with Crippen LogP contribution in [0.5, 0.6) is 11.6 Å². The van der Waals surface area contributed by atoms with Crippen LogP contribution < -0.4 is 20.3 Å². The minimum Gasteiger partial charge on any atom is -0.486 e. The predicted octanol–water partition coefficient (Wildman–Crippen LogP) is 1.84. The third kappa shape index (κ3) is 4.47. The number of nitrogens with zero attached hydrogens (tertiary/aromatic N) is 2. The van der Waals surface area contributed by atoms with E-state index in [1.54, 1.807) is 24.4 Å². The van der Waals surface area contributed by atoms with Crippen LogP contribution in [0.1, 0.15) is 37.7 Å². The van der Waals surface area contributed by atoms with Gasteiger partial charge in [0, 0.05) is 12.6 Å². The number of aromatic nitrogens is 2. The van der Waals surface area contributed by atoms with Gasteiger partial charge in [0.15, 0.2) is 0 Å². The van der Waals surface area contributed by atoms with Crippen LogP contribution in [0.4, 0.5) is 0 Å². The Morgan fingerprint density at radius 2 is 2.19 bits per heavy atom. The molecule has 1 fully saturated rings. The van der Waals surface area contributed by atoms with Gasteiger partial charge in [-0.25, -0.2) is 15.2 Å². The first-order valence-electron chi connectivity index (χ1n) is 8.39. The molecule has 0 radical (unpaired) electrons. The predicted molar refractivity (Wildman–Crippen MR) is 93.6 cm³/mol. The van der Waals surface area contributed by atoms with Gasteiger partial charge < -0.3 is 14.6 Å². The van der Waals surface area contributed by atoms with E-state index in [2.05, 4.69) is 20.8 Å². The highest BCUT2D eigenvalue weighted by molar-refractivity contribution is 5.76. The number of carboxylic acids is 1. The summed E-state index contributed by atoms with van der Waals surface area (Å²) in [7, 11) is 0. The molecule has 0 spiro atoms. The van der Waals surface area contributed by atoms with Crippen LogP contribution in [0.25, 0.3) is 0 Å². The number of hydrazine groups is 1. The van der Waals surface area contributed by atoms with Crippen molar-refractivity contribution in [3.8, 4) is 11.6 Å². The number of ether oxygens (including phenoxy) is 2. The molecule has 0 amide bonds. The van der Waals surface area contributed by atoms with Crippen molar-refractivity contribution in [3.05, 3.63) is 47.9 Å². The molecule has 8 nitrogen and oxygen atoms in total. The third-order valence-corrected chi connectivity index (χ3v) is 3.99. The second kappa shape index (κ2) is 7.67. The highest BCUT2D eigenvalue weighted by atomic mass is 16.5. The first-order valence-corrected chi connectivity index (χ1v) is 8.39. The number of carbonyl (C=O) groups is 1. The Morgan fingerprint density at radius 1 is 1.35 bits per heavy atom. The lowest BCUT2D eigenvalue weighted by Gasteiger charge is -2.20. The Hall–Kier alpha value is -2.71. The molecule has 8 heteroatoms. The van der Waals surface area contributed by atoms with Gasteiger partial charge in [0.05, 0.1) is 23.6 Å². The molecule has 0 bridgehead atoms. The molecule has 0 saturated carbocycles. The van der Waals surface area contributed by atoms with Gasteiger partial charge in [-0.3, -0.25) is 10.4 Å². The van der Waals surface area contributed by atoms with Crippen molar-refractivity contribution in [3.63, 3.8) is 0 Å². The zero-order valence-electron chi connectivity index (χ0n) is 14.7. The highest BCUT2D eigenvalue weighted by Crippen LogP contribution is 2.20. The van der Waals surface area contributed by atoms with Crippen LogP contribution in [-0.2, 0) is 11.4 Å². The van der Waals surface area contributed by atoms with E-state index in [4.69, 9.17) is 14.6 Å². The number of hydrogen-bond donors (Lipinski definition) is 3. The summed E-state index contributed by atoms with van der Waals surface area (Å²) >= 11 is 0. The molecule has 0 aliphatic carbocycles. The summed E-state index contributed by atoms with van der Waals surface area (Å²) in [4.78, 5) is 19.9. The van der Waals surface area contributed by atoms with E-state index in [1.807, 2.05) is 12.1 Å². The molecule has 138 valence electrons. The van der Waals surface area contributed by atoms with E-state index < -0.39 is 11.6 Å². The van der Waals surface area contributed by atoms with Crippen LogP contribution in [-0.4, -0.2) is 33.2 Å². The number of aliphatic carboxylic acids is 1. The summed E-state index contributed by atoms with van der Waals surface area (Å²) in [5, 5.41) is 9.13. The summed E-state index contributed by atoms with van der Waals surface area (Å²) in [6.45, 7) is 4.10. The second-order valence-corrected chi connectivity index (χ2v) is 6.50. The molecular formula is C18H22N4O4. The first kappa shape index (κ1) is 18.1. The fourth-order valence-corrected chi connectivity index (χ4v) is 2.45. The van der Waals surface area contributed by atoms with Crippen molar-refractivity contribution in [1.82, 2.24) is 20.8 Å². The Labute approximate surface area is 151 Å². The van der Waals surface area contributed by atoms with E-state index >= 15 is 0 Å². The number of carboxylic acid groups (broad SMARTS) is 1. The fourth-order valence-electron chi connectivity index (χ4n) is 2.45. The molecule has 1 atom stereocenters. The zero-order chi connectivity index (χ0) is 18.6. The van der Waals surface area contributed by atoms with Crippen LogP contribution >= 0.6 is 0 Å². The molecule has 3 N–H and O–H groups in total. The Morgan fingerprint density at radius 3 is 2.85 bits per heavy atom. The molecular weight excluding hydrogens is 336 g/mol. The molecule has 26 heavy (non-hydrogen) atoms. The van der Waals surface area contributed by atoms with Gasteiger partial charge in [-0.15, -0.1) is 0 Å². The maximum Gasteiger partial charge on any atom is 0.347 e. The normalized spacial score (nSPS) is 17.1. The van der Waals surface area contributed by atoms with Crippen molar-refractivity contribution in [2.24, 2.45) is 0 Å². The quantitative estimate of drug-likeness (QED) is 0.688. The van der Waals surface area contributed by atoms with Crippen molar-refractivity contribution in [1.29, 1.82) is 0 Å². The molecule has 0 aromatic carbocycles. The molecule has 3 rings (SSSR count). The van der Waals surface area contributed by atoms with Gasteiger partial charge >= 0.3 is 5.97 Å². The lowest BCUT2D eigenvalue weighted by atomic mass is 10.1. The first-order chi connectivity index (χ1) is 12.4. The average molecular weight is 358 g/mol. The van der Waals surface area contributed by atoms with Crippen molar-refractivity contribution < 1.29 is 19.4 Å². The minimum absolute atomic E-state index is 0.220. The van der Waals surface area contributed by atoms with Crippen LogP contribution in [0.2, 0.25) is 0 Å². The fraction of sp³-hybridized carbons (Fsp3) is 0.389. The lowest BCUT2D eigenvalue weighted by Crippen LogP contribution is -2.38. The maximum absolute atomic E-state index is 11.2. The maximum atomic E-state index is 11.2. The van der Waals surface area contributed by atoms with Gasteiger partial charge in [-0.05, 0) is 38.5 Å². The zero-order valence-corrected chi connectivity index (χ0v) is 14.7. The standard InChI is InChI=1S/C18H22N4O4/c1-18(2,17(23)24)26-16-5-3-4-12(21-16)11-25-13-6-7-14(19-10-13)15-8-9-20-22-15/h3-7,10,15,20,22H,8-9,11H2,1-2H3,(H,23,24). The van der Waals surface area contributed by atoms with Crippen molar-refractivity contribution in [2.75, 3.05) is 6.54 Å². The van der Waals surface area contributed by atoms with Crippen LogP contribution in [0.15, 0.2) is 36.5 Å². The van der Waals surface area contributed by atoms with Crippen molar-refractivity contribution in [2.45, 2.75) is 38.5 Å². The SMILES string of the molecule is CC(C)(Oc1cccc(COc2ccc(C3CCNN3)nc2)n1)C(=O)O. The molecule has 3 heterocycles. The summed E-state index contributed by atoms with van der Waals surface area (Å²) in [6.07, 6.45) is 2.68. The van der Waals surface area contributed by atoms with Gasteiger partial charge in [0.2, 0.25) is 11.5 Å². The highest BCUT2D eigenvalue weighted by Gasteiger charge is 2.29. The number of hydrogen-bond acceptors (Lipinski definition) is 7. The Kier molecular flexibility index (Phi) is 5.34. The van der Waals surface area contributed by atoms with Gasteiger partial charge in [0.25, 0.3) is 0 Å². The summed E-state index contributed by atoms with van der Waals surface area (Å²) in [5.41, 5.74) is 6.49. The number of pyridine rings is 2. The third-order valence-electron chi connectivity index (χ3n) is 3.99. The minimum atomic E-state index is -1.35. The Bertz CT molecular complexity index is 758. The molecule has 1 unspecified atom stereocenters. The molecule has 2 aromatic heterocycles. The smallest absolute Gasteiger partial charge is 0.347 e. The largest absolute Gasteiger partial charge is 0.486 e. The van der Waals surface area contributed by atoms with Gasteiger partial charge in [-0.1, -0.05) is 6.07 Å². The van der Waals surface area contributed by atoms with E-state index in [0.717, 1.165) is 18.7 Å². The van der Waals surface area contributed by atoms with E-state index in [1.165, 1.54) is 13.8 Å². The summed E-state index contributed by atoms with van der Waals surface area (Å²) in [6, 6.07) is 9.18. The monoisotopic (exact) mass is 358 g/mol. The average Bonchev–Trinajstić information content (AvgIpc) is 3.15.